The van der Waals surface area contributed by atoms with Crippen molar-refractivity contribution in [2.24, 2.45) is 5.73 Å². The SMILES string of the molecule is COc1ncccc1COc1ccc(C)cc1C(C)N. The third kappa shape index (κ3) is 3.27. The fourth-order valence-corrected chi connectivity index (χ4v) is 2.03. The minimum Gasteiger partial charge on any atom is -0.488 e. The Bertz CT molecular complexity index is 582. The van der Waals surface area contributed by atoms with Crippen LogP contribution in [0.4, 0.5) is 0 Å². The molecule has 0 fully saturated rings. The zero-order valence-corrected chi connectivity index (χ0v) is 12.1. The lowest BCUT2D eigenvalue weighted by atomic mass is 10.1. The molecule has 0 bridgehead atoms. The summed E-state index contributed by atoms with van der Waals surface area (Å²) in [6.07, 6.45) is 1.70. The van der Waals surface area contributed by atoms with Crippen LogP contribution < -0.4 is 15.2 Å². The number of aromatic nitrogens is 1. The monoisotopic (exact) mass is 272 g/mol. The summed E-state index contributed by atoms with van der Waals surface area (Å²) in [6, 6.07) is 9.76. The molecule has 2 aromatic rings. The van der Waals surface area contributed by atoms with Crippen molar-refractivity contribution in [3.8, 4) is 11.6 Å². The van der Waals surface area contributed by atoms with E-state index < -0.39 is 0 Å². The number of ether oxygens (including phenoxy) is 2. The molecule has 0 amide bonds. The second kappa shape index (κ2) is 6.39. The standard InChI is InChI=1S/C16H20N2O2/c1-11-6-7-15(14(9-11)12(2)17)20-10-13-5-4-8-18-16(13)19-3/h4-9,12H,10,17H2,1-3H3. The van der Waals surface area contributed by atoms with Crippen LogP contribution in [0.1, 0.15) is 29.7 Å². The summed E-state index contributed by atoms with van der Waals surface area (Å²) < 4.78 is 11.1. The van der Waals surface area contributed by atoms with E-state index in [4.69, 9.17) is 15.2 Å². The highest BCUT2D eigenvalue weighted by Gasteiger charge is 2.10. The molecule has 0 radical (unpaired) electrons. The molecule has 1 aromatic heterocycles. The number of aryl methyl sites for hydroxylation is 1. The van der Waals surface area contributed by atoms with Gasteiger partial charge in [0.15, 0.2) is 0 Å². The summed E-state index contributed by atoms with van der Waals surface area (Å²) >= 11 is 0. The third-order valence-electron chi connectivity index (χ3n) is 3.08. The van der Waals surface area contributed by atoms with Gasteiger partial charge in [0.1, 0.15) is 12.4 Å². The molecule has 0 saturated carbocycles. The predicted octanol–water partition coefficient (Wildman–Crippen LogP) is 3.00. The summed E-state index contributed by atoms with van der Waals surface area (Å²) in [6.45, 7) is 4.39. The largest absolute Gasteiger partial charge is 0.488 e. The second-order valence-corrected chi connectivity index (χ2v) is 4.79. The van der Waals surface area contributed by atoms with Crippen molar-refractivity contribution in [2.45, 2.75) is 26.5 Å². The van der Waals surface area contributed by atoms with E-state index in [2.05, 4.69) is 11.1 Å². The molecule has 0 saturated heterocycles. The molecule has 0 aliphatic rings. The first-order valence-electron chi connectivity index (χ1n) is 6.58. The highest BCUT2D eigenvalue weighted by Crippen LogP contribution is 2.26. The van der Waals surface area contributed by atoms with E-state index in [-0.39, 0.29) is 6.04 Å². The number of rotatable bonds is 5. The molecular formula is C16H20N2O2. The minimum absolute atomic E-state index is 0.0688. The minimum atomic E-state index is -0.0688. The quantitative estimate of drug-likeness (QED) is 0.909. The van der Waals surface area contributed by atoms with E-state index in [0.29, 0.717) is 12.5 Å². The molecule has 20 heavy (non-hydrogen) atoms. The van der Waals surface area contributed by atoms with Gasteiger partial charge in [-0.2, -0.15) is 0 Å². The van der Waals surface area contributed by atoms with Crippen LogP contribution in [-0.2, 0) is 6.61 Å². The maximum Gasteiger partial charge on any atom is 0.219 e. The molecule has 4 heteroatoms. The van der Waals surface area contributed by atoms with Crippen molar-refractivity contribution >= 4 is 0 Å². The Morgan fingerprint density at radius 3 is 2.80 bits per heavy atom. The predicted molar refractivity (Wildman–Crippen MR) is 78.9 cm³/mol. The number of benzene rings is 1. The lowest BCUT2D eigenvalue weighted by molar-refractivity contribution is 0.290. The van der Waals surface area contributed by atoms with Gasteiger partial charge in [-0.15, -0.1) is 0 Å². The number of pyridine rings is 1. The Kier molecular flexibility index (Phi) is 4.58. The maximum absolute atomic E-state index is 5.99. The zero-order chi connectivity index (χ0) is 14.5. The number of nitrogens with zero attached hydrogens (tertiary/aromatic N) is 1. The molecule has 1 atom stereocenters. The van der Waals surface area contributed by atoms with Crippen molar-refractivity contribution < 1.29 is 9.47 Å². The van der Waals surface area contributed by atoms with Crippen LogP contribution in [0.5, 0.6) is 11.6 Å². The average Bonchev–Trinajstić information content (AvgIpc) is 2.46. The summed E-state index contributed by atoms with van der Waals surface area (Å²) in [4.78, 5) is 4.15. The normalized spacial score (nSPS) is 12.0. The molecule has 4 nitrogen and oxygen atoms in total. The summed E-state index contributed by atoms with van der Waals surface area (Å²) in [5.74, 6) is 1.39. The van der Waals surface area contributed by atoms with E-state index in [0.717, 1.165) is 16.9 Å². The van der Waals surface area contributed by atoms with E-state index in [1.54, 1.807) is 13.3 Å². The van der Waals surface area contributed by atoms with Gasteiger partial charge in [-0.3, -0.25) is 0 Å². The molecule has 1 heterocycles. The third-order valence-corrected chi connectivity index (χ3v) is 3.08. The first-order chi connectivity index (χ1) is 9.61. The van der Waals surface area contributed by atoms with Crippen molar-refractivity contribution in [3.05, 3.63) is 53.2 Å². The number of hydrogen-bond donors (Lipinski definition) is 1. The van der Waals surface area contributed by atoms with Gasteiger partial charge in [0.25, 0.3) is 0 Å². The van der Waals surface area contributed by atoms with Crippen LogP contribution in [0.3, 0.4) is 0 Å². The molecule has 2 N–H and O–H groups in total. The van der Waals surface area contributed by atoms with Crippen molar-refractivity contribution in [2.75, 3.05) is 7.11 Å². The van der Waals surface area contributed by atoms with Gasteiger partial charge in [0, 0.05) is 17.8 Å². The van der Waals surface area contributed by atoms with Crippen molar-refractivity contribution in [3.63, 3.8) is 0 Å². The maximum atomic E-state index is 5.99. The van der Waals surface area contributed by atoms with Gasteiger partial charge in [-0.25, -0.2) is 4.98 Å². The van der Waals surface area contributed by atoms with Crippen LogP contribution in [0.2, 0.25) is 0 Å². The number of methoxy groups -OCH3 is 1. The van der Waals surface area contributed by atoms with Gasteiger partial charge in [-0.1, -0.05) is 17.7 Å². The Morgan fingerprint density at radius 1 is 1.30 bits per heavy atom. The molecule has 106 valence electrons. The van der Waals surface area contributed by atoms with E-state index in [1.807, 2.05) is 38.1 Å². The zero-order valence-electron chi connectivity index (χ0n) is 12.1. The average molecular weight is 272 g/mol. The van der Waals surface area contributed by atoms with Crippen molar-refractivity contribution in [1.82, 2.24) is 4.98 Å². The van der Waals surface area contributed by atoms with Crippen molar-refractivity contribution in [1.29, 1.82) is 0 Å². The van der Waals surface area contributed by atoms with Gasteiger partial charge >= 0.3 is 0 Å². The topological polar surface area (TPSA) is 57.4 Å². The van der Waals surface area contributed by atoms with Crippen LogP contribution in [-0.4, -0.2) is 12.1 Å². The van der Waals surface area contributed by atoms with E-state index in [9.17, 15) is 0 Å². The molecule has 2 rings (SSSR count). The summed E-state index contributed by atoms with van der Waals surface area (Å²) in [5, 5.41) is 0. The highest BCUT2D eigenvalue weighted by atomic mass is 16.5. The molecular weight excluding hydrogens is 252 g/mol. The highest BCUT2D eigenvalue weighted by molar-refractivity contribution is 5.39. The van der Waals surface area contributed by atoms with Crippen LogP contribution in [0.15, 0.2) is 36.5 Å². The van der Waals surface area contributed by atoms with Crippen LogP contribution >= 0.6 is 0 Å². The Balaban J connectivity index is 2.19. The lowest BCUT2D eigenvalue weighted by Crippen LogP contribution is -2.09. The fourth-order valence-electron chi connectivity index (χ4n) is 2.03. The fraction of sp³-hybridized carbons (Fsp3) is 0.312. The lowest BCUT2D eigenvalue weighted by Gasteiger charge is -2.15. The Morgan fingerprint density at radius 2 is 2.10 bits per heavy atom. The van der Waals surface area contributed by atoms with Crippen LogP contribution in [0.25, 0.3) is 0 Å². The molecule has 0 aliphatic heterocycles. The smallest absolute Gasteiger partial charge is 0.219 e. The van der Waals surface area contributed by atoms with Gasteiger partial charge < -0.3 is 15.2 Å². The van der Waals surface area contributed by atoms with E-state index in [1.165, 1.54) is 5.56 Å². The van der Waals surface area contributed by atoms with Gasteiger partial charge in [-0.05, 0) is 32.0 Å². The number of hydrogen-bond acceptors (Lipinski definition) is 4. The summed E-state index contributed by atoms with van der Waals surface area (Å²) in [7, 11) is 1.60. The molecule has 0 aliphatic carbocycles. The number of nitrogens with two attached hydrogens (primary N) is 1. The molecule has 1 aromatic carbocycles. The Hall–Kier alpha value is -2.07. The summed E-state index contributed by atoms with van der Waals surface area (Å²) in [5.41, 5.74) is 9.08. The molecule has 0 spiro atoms. The van der Waals surface area contributed by atoms with E-state index >= 15 is 0 Å². The first kappa shape index (κ1) is 14.3. The molecule has 1 unspecified atom stereocenters. The van der Waals surface area contributed by atoms with Gasteiger partial charge in [0.2, 0.25) is 5.88 Å². The second-order valence-electron chi connectivity index (χ2n) is 4.79. The Labute approximate surface area is 119 Å². The first-order valence-corrected chi connectivity index (χ1v) is 6.58. The van der Waals surface area contributed by atoms with Gasteiger partial charge in [0.05, 0.1) is 12.7 Å². The van der Waals surface area contributed by atoms with Crippen LogP contribution in [0, 0.1) is 6.92 Å².